The predicted octanol–water partition coefficient (Wildman–Crippen LogP) is 0.769. The Morgan fingerprint density at radius 3 is 2.56 bits per heavy atom. The summed E-state index contributed by atoms with van der Waals surface area (Å²) >= 11 is 1.26. The van der Waals surface area contributed by atoms with Gasteiger partial charge in [0.1, 0.15) is 0 Å². The van der Waals surface area contributed by atoms with E-state index in [9.17, 15) is 0 Å². The Balaban J connectivity index is 2.29. The van der Waals surface area contributed by atoms with Gasteiger partial charge in [-0.25, -0.2) is 9.97 Å². The molecule has 0 saturated carbocycles. The highest BCUT2D eigenvalue weighted by atomic mass is 32.2. The monoisotopic (exact) mass is 263 g/mol. The molecule has 8 heteroatoms. The maximum absolute atomic E-state index is 5.64. The molecule has 2 aromatic heterocycles. The molecule has 0 fully saturated rings. The topological polar surface area (TPSA) is 93.7 Å². The largest absolute Gasteiger partial charge is 0.368 e. The molecule has 94 valence electrons. The Hall–Kier alpha value is -1.96. The third kappa shape index (κ3) is 3.04. The Morgan fingerprint density at radius 2 is 1.89 bits per heavy atom. The van der Waals surface area contributed by atoms with Gasteiger partial charge in [-0.1, -0.05) is 0 Å². The van der Waals surface area contributed by atoms with Gasteiger partial charge in [0.2, 0.25) is 17.1 Å². The minimum Gasteiger partial charge on any atom is -0.368 e. The summed E-state index contributed by atoms with van der Waals surface area (Å²) in [5.41, 5.74) is 6.53. The van der Waals surface area contributed by atoms with Gasteiger partial charge >= 0.3 is 0 Å². The highest BCUT2D eigenvalue weighted by Crippen LogP contribution is 2.22. The number of nitrogens with zero attached hydrogens (tertiary/aromatic N) is 6. The van der Waals surface area contributed by atoms with Gasteiger partial charge in [-0.2, -0.15) is 15.0 Å². The third-order valence-corrected chi connectivity index (χ3v) is 2.72. The van der Waals surface area contributed by atoms with Crippen LogP contribution in [0.25, 0.3) is 0 Å². The van der Waals surface area contributed by atoms with Crippen molar-refractivity contribution in [2.75, 3.05) is 24.7 Å². The van der Waals surface area contributed by atoms with Crippen molar-refractivity contribution in [1.29, 1.82) is 0 Å². The van der Waals surface area contributed by atoms with E-state index < -0.39 is 0 Å². The van der Waals surface area contributed by atoms with Crippen LogP contribution in [0.15, 0.2) is 22.6 Å². The zero-order valence-electron chi connectivity index (χ0n) is 10.3. The Kier molecular flexibility index (Phi) is 3.56. The minimum atomic E-state index is 0.184. The van der Waals surface area contributed by atoms with E-state index in [1.54, 1.807) is 11.1 Å². The average Bonchev–Trinajstić information content (AvgIpc) is 2.28. The van der Waals surface area contributed by atoms with Crippen molar-refractivity contribution < 1.29 is 0 Å². The number of nitrogen functional groups attached to an aromatic ring is 1. The predicted molar refractivity (Wildman–Crippen MR) is 69.5 cm³/mol. The summed E-state index contributed by atoms with van der Waals surface area (Å²) < 4.78 is 0. The molecule has 0 radical (unpaired) electrons. The quantitative estimate of drug-likeness (QED) is 0.811. The minimum absolute atomic E-state index is 0.184. The average molecular weight is 263 g/mol. The number of rotatable bonds is 3. The molecule has 0 atom stereocenters. The van der Waals surface area contributed by atoms with Crippen LogP contribution in [0.3, 0.4) is 0 Å². The molecule has 0 spiro atoms. The summed E-state index contributed by atoms with van der Waals surface area (Å²) in [7, 11) is 3.68. The van der Waals surface area contributed by atoms with Crippen LogP contribution in [0.1, 0.15) is 5.69 Å². The van der Waals surface area contributed by atoms with E-state index >= 15 is 0 Å². The molecule has 0 aromatic carbocycles. The second-order valence-corrected chi connectivity index (χ2v) is 4.69. The molecule has 0 amide bonds. The van der Waals surface area contributed by atoms with E-state index in [1.807, 2.05) is 27.1 Å². The zero-order valence-corrected chi connectivity index (χ0v) is 11.1. The third-order valence-electron chi connectivity index (χ3n) is 1.98. The molecule has 0 aliphatic heterocycles. The SMILES string of the molecule is Cc1ccnc(Sc2nc(N)nc(N(C)C)n2)n1. The van der Waals surface area contributed by atoms with Crippen molar-refractivity contribution in [2.45, 2.75) is 17.2 Å². The first-order valence-electron chi connectivity index (χ1n) is 5.21. The number of nitrogens with two attached hydrogens (primary N) is 1. The van der Waals surface area contributed by atoms with Gasteiger partial charge in [0.15, 0.2) is 5.16 Å². The molecule has 0 bridgehead atoms. The van der Waals surface area contributed by atoms with Crippen LogP contribution in [0.5, 0.6) is 0 Å². The molecule has 0 unspecified atom stereocenters. The van der Waals surface area contributed by atoms with Crippen LogP contribution in [-0.4, -0.2) is 39.0 Å². The van der Waals surface area contributed by atoms with Crippen LogP contribution in [0.2, 0.25) is 0 Å². The lowest BCUT2D eigenvalue weighted by Crippen LogP contribution is -2.15. The summed E-state index contributed by atoms with van der Waals surface area (Å²) in [5, 5.41) is 1.07. The first-order valence-corrected chi connectivity index (χ1v) is 6.02. The van der Waals surface area contributed by atoms with E-state index in [2.05, 4.69) is 24.9 Å². The number of aromatic nitrogens is 5. The van der Waals surface area contributed by atoms with Crippen molar-refractivity contribution in [3.63, 3.8) is 0 Å². The van der Waals surface area contributed by atoms with E-state index in [0.717, 1.165) is 5.69 Å². The van der Waals surface area contributed by atoms with Crippen LogP contribution < -0.4 is 10.6 Å². The van der Waals surface area contributed by atoms with Gasteiger partial charge in [-0.05, 0) is 24.8 Å². The second kappa shape index (κ2) is 5.13. The maximum atomic E-state index is 5.64. The number of hydrogen-bond acceptors (Lipinski definition) is 8. The fourth-order valence-corrected chi connectivity index (χ4v) is 1.90. The zero-order chi connectivity index (χ0) is 13.1. The molecule has 0 saturated heterocycles. The van der Waals surface area contributed by atoms with E-state index in [0.29, 0.717) is 16.3 Å². The van der Waals surface area contributed by atoms with Gasteiger partial charge in [-0.3, -0.25) is 0 Å². The Labute approximate surface area is 109 Å². The molecule has 2 heterocycles. The van der Waals surface area contributed by atoms with E-state index in [4.69, 9.17) is 5.73 Å². The van der Waals surface area contributed by atoms with E-state index in [1.165, 1.54) is 11.8 Å². The molecule has 0 aliphatic carbocycles. The second-order valence-electron chi connectivity index (χ2n) is 3.75. The Morgan fingerprint density at radius 1 is 1.11 bits per heavy atom. The molecule has 0 aliphatic rings. The highest BCUT2D eigenvalue weighted by molar-refractivity contribution is 7.99. The van der Waals surface area contributed by atoms with Gasteiger partial charge in [0.05, 0.1) is 0 Å². The number of anilines is 2. The molecular weight excluding hydrogens is 250 g/mol. The van der Waals surface area contributed by atoms with Crippen LogP contribution >= 0.6 is 11.8 Å². The van der Waals surface area contributed by atoms with Crippen molar-refractivity contribution >= 4 is 23.7 Å². The molecule has 7 nitrogen and oxygen atoms in total. The summed E-state index contributed by atoms with van der Waals surface area (Å²) in [6.45, 7) is 1.90. The van der Waals surface area contributed by atoms with Crippen molar-refractivity contribution in [3.05, 3.63) is 18.0 Å². The number of hydrogen-bond donors (Lipinski definition) is 1. The van der Waals surface area contributed by atoms with Crippen LogP contribution in [-0.2, 0) is 0 Å². The Bertz CT molecular complexity index is 558. The van der Waals surface area contributed by atoms with Gasteiger partial charge in [-0.15, -0.1) is 0 Å². The van der Waals surface area contributed by atoms with Gasteiger partial charge in [0, 0.05) is 26.0 Å². The summed E-state index contributed by atoms with van der Waals surface area (Å²) in [6, 6.07) is 1.83. The lowest BCUT2D eigenvalue weighted by molar-refractivity contribution is 0.863. The van der Waals surface area contributed by atoms with Crippen LogP contribution in [0, 0.1) is 6.92 Å². The van der Waals surface area contributed by atoms with Crippen molar-refractivity contribution in [3.8, 4) is 0 Å². The standard InChI is InChI=1S/C10H13N7S/c1-6-4-5-12-9(13-6)18-10-15-7(11)14-8(16-10)17(2)3/h4-5H,1-3H3,(H2,11,14,15,16). The first kappa shape index (κ1) is 12.5. The number of aryl methyl sites for hydroxylation is 1. The molecule has 2 rings (SSSR count). The smallest absolute Gasteiger partial charge is 0.230 e. The lowest BCUT2D eigenvalue weighted by Gasteiger charge is -2.10. The highest BCUT2D eigenvalue weighted by Gasteiger charge is 2.09. The summed E-state index contributed by atoms with van der Waals surface area (Å²) in [6.07, 6.45) is 1.70. The normalized spacial score (nSPS) is 10.4. The summed E-state index contributed by atoms with van der Waals surface area (Å²) in [4.78, 5) is 22.5. The summed E-state index contributed by atoms with van der Waals surface area (Å²) in [5.74, 6) is 0.696. The molecule has 2 aromatic rings. The molecule has 2 N–H and O–H groups in total. The maximum Gasteiger partial charge on any atom is 0.230 e. The molecule has 18 heavy (non-hydrogen) atoms. The fraction of sp³-hybridized carbons (Fsp3) is 0.300. The lowest BCUT2D eigenvalue weighted by atomic mass is 10.5. The molecular formula is C10H13N7S. The van der Waals surface area contributed by atoms with Crippen molar-refractivity contribution in [1.82, 2.24) is 24.9 Å². The van der Waals surface area contributed by atoms with Crippen molar-refractivity contribution in [2.24, 2.45) is 0 Å². The van der Waals surface area contributed by atoms with Gasteiger partial charge < -0.3 is 10.6 Å². The fourth-order valence-electron chi connectivity index (χ4n) is 1.16. The van der Waals surface area contributed by atoms with Crippen LogP contribution in [0.4, 0.5) is 11.9 Å². The van der Waals surface area contributed by atoms with Gasteiger partial charge in [0.25, 0.3) is 0 Å². The van der Waals surface area contributed by atoms with E-state index in [-0.39, 0.29) is 5.95 Å². The first-order chi connectivity index (χ1) is 8.54.